The first-order valence-electron chi connectivity index (χ1n) is 12.5. The van der Waals surface area contributed by atoms with Gasteiger partial charge in [0.15, 0.2) is 6.17 Å². The number of fused-ring (bicyclic) bond motifs is 1. The molecule has 7 heteroatoms. The molecule has 2 aromatic rings. The second kappa shape index (κ2) is 8.12. The first-order valence-corrected chi connectivity index (χ1v) is 12.5. The van der Waals surface area contributed by atoms with Crippen LogP contribution < -0.4 is 10.6 Å². The van der Waals surface area contributed by atoms with Crippen LogP contribution in [0.4, 0.5) is 0 Å². The Morgan fingerprint density at radius 1 is 1.11 bits per heavy atom. The predicted octanol–water partition coefficient (Wildman–Crippen LogP) is 4.70. The van der Waals surface area contributed by atoms with Crippen LogP contribution in [0.2, 0.25) is 0 Å². The lowest BCUT2D eigenvalue weighted by Crippen LogP contribution is -2.61. The van der Waals surface area contributed by atoms with Gasteiger partial charge in [0.1, 0.15) is 0 Å². The number of carbonyl (C=O) groups excluding carboxylic acids is 1. The molecular weight excluding hydrogens is 438 g/mol. The lowest BCUT2D eigenvalue weighted by atomic mass is 9.60. The van der Waals surface area contributed by atoms with Crippen molar-refractivity contribution in [3.8, 4) is 11.1 Å². The van der Waals surface area contributed by atoms with E-state index in [1.54, 1.807) is 0 Å². The number of hydrogen-bond donors (Lipinski definition) is 2. The maximum atomic E-state index is 14.0. The van der Waals surface area contributed by atoms with Crippen LogP contribution in [0.1, 0.15) is 50.8 Å². The Kier molecular flexibility index (Phi) is 5.14. The summed E-state index contributed by atoms with van der Waals surface area (Å²) >= 11 is 0. The fourth-order valence-corrected chi connectivity index (χ4v) is 6.51. The molecule has 1 aromatic heterocycles. The van der Waals surface area contributed by atoms with Crippen molar-refractivity contribution in [3.63, 3.8) is 0 Å². The third kappa shape index (κ3) is 3.36. The maximum absolute atomic E-state index is 14.0. The summed E-state index contributed by atoms with van der Waals surface area (Å²) in [5, 5.41) is 16.1. The molecule has 0 saturated carbocycles. The molecule has 1 amide bonds. The summed E-state index contributed by atoms with van der Waals surface area (Å²) in [6.07, 6.45) is 4.74. The van der Waals surface area contributed by atoms with Crippen LogP contribution in [0.25, 0.3) is 11.1 Å². The summed E-state index contributed by atoms with van der Waals surface area (Å²) in [5.74, 6) is 0.0123. The van der Waals surface area contributed by atoms with Gasteiger partial charge in [-0.1, -0.05) is 25.1 Å². The molecule has 180 valence electrons. The van der Waals surface area contributed by atoms with Gasteiger partial charge in [-0.3, -0.25) is 9.78 Å². The van der Waals surface area contributed by atoms with Crippen LogP contribution in [0, 0.1) is 6.92 Å². The van der Waals surface area contributed by atoms with Gasteiger partial charge in [0.05, 0.1) is 22.2 Å². The van der Waals surface area contributed by atoms with E-state index in [1.165, 1.54) is 0 Å². The highest BCUT2D eigenvalue weighted by atomic mass is 16.5. The Morgan fingerprint density at radius 3 is 2.69 bits per heavy atom. The summed E-state index contributed by atoms with van der Waals surface area (Å²) in [7, 11) is 0. The number of pyridine rings is 1. The monoisotopic (exact) mass is 469 g/mol. The number of nitrogens with one attached hydrogen (secondary N) is 2. The SMILES string of the molecule is CC[C@]1(c2cccc(-c3ccnc(C)c3)c2)C2=C(CC3(CCOCC3)NC2=O)NC2N=NC(C)=C21. The smallest absolute Gasteiger partial charge is 0.250 e. The van der Waals surface area contributed by atoms with Crippen molar-refractivity contribution >= 4 is 5.91 Å². The van der Waals surface area contributed by atoms with E-state index < -0.39 is 5.41 Å². The lowest BCUT2D eigenvalue weighted by molar-refractivity contribution is -0.122. The Labute approximate surface area is 205 Å². The number of azo groups is 1. The molecule has 0 radical (unpaired) electrons. The molecule has 1 aromatic carbocycles. The molecule has 6 rings (SSSR count). The summed E-state index contributed by atoms with van der Waals surface area (Å²) in [4.78, 5) is 18.4. The average molecular weight is 470 g/mol. The van der Waals surface area contributed by atoms with E-state index in [0.717, 1.165) is 70.6 Å². The minimum atomic E-state index is -0.603. The number of nitrogens with zero attached hydrogens (tertiary/aromatic N) is 3. The first kappa shape index (κ1) is 22.2. The van der Waals surface area contributed by atoms with Crippen molar-refractivity contribution in [1.82, 2.24) is 15.6 Å². The molecule has 0 bridgehead atoms. The molecule has 2 N–H and O–H groups in total. The van der Waals surface area contributed by atoms with Gasteiger partial charge in [0.2, 0.25) is 0 Å². The van der Waals surface area contributed by atoms with Crippen molar-refractivity contribution in [1.29, 1.82) is 0 Å². The van der Waals surface area contributed by atoms with Crippen molar-refractivity contribution in [3.05, 3.63) is 76.4 Å². The average Bonchev–Trinajstić information content (AvgIpc) is 3.24. The third-order valence-corrected chi connectivity index (χ3v) is 8.17. The van der Waals surface area contributed by atoms with Crippen molar-refractivity contribution < 1.29 is 9.53 Å². The second-order valence-corrected chi connectivity index (χ2v) is 10.2. The van der Waals surface area contributed by atoms with Gasteiger partial charge in [-0.05, 0) is 68.0 Å². The van der Waals surface area contributed by atoms with Gasteiger partial charge in [-0.15, -0.1) is 0 Å². The number of carbonyl (C=O) groups is 1. The lowest BCUT2D eigenvalue weighted by Gasteiger charge is -2.50. The molecule has 35 heavy (non-hydrogen) atoms. The fourth-order valence-electron chi connectivity index (χ4n) is 6.51. The number of hydrogen-bond acceptors (Lipinski definition) is 6. The van der Waals surface area contributed by atoms with Crippen LogP contribution in [0.3, 0.4) is 0 Å². The van der Waals surface area contributed by atoms with Crippen LogP contribution in [0.15, 0.2) is 75.4 Å². The van der Waals surface area contributed by atoms with Gasteiger partial charge in [-0.2, -0.15) is 10.2 Å². The van der Waals surface area contributed by atoms with Crippen LogP contribution in [0.5, 0.6) is 0 Å². The van der Waals surface area contributed by atoms with E-state index in [2.05, 4.69) is 63.1 Å². The number of allylic oxidation sites excluding steroid dienone is 1. The van der Waals surface area contributed by atoms with E-state index in [4.69, 9.17) is 4.74 Å². The van der Waals surface area contributed by atoms with Crippen molar-refractivity contribution in [2.24, 2.45) is 10.2 Å². The Balaban J connectivity index is 1.55. The third-order valence-electron chi connectivity index (χ3n) is 8.17. The van der Waals surface area contributed by atoms with E-state index in [0.29, 0.717) is 13.2 Å². The maximum Gasteiger partial charge on any atom is 0.250 e. The summed E-state index contributed by atoms with van der Waals surface area (Å²) < 4.78 is 5.61. The molecule has 7 nitrogen and oxygen atoms in total. The zero-order valence-electron chi connectivity index (χ0n) is 20.5. The zero-order valence-corrected chi connectivity index (χ0v) is 20.5. The zero-order chi connectivity index (χ0) is 24.2. The molecule has 5 heterocycles. The minimum absolute atomic E-state index is 0.0123. The van der Waals surface area contributed by atoms with Gasteiger partial charge >= 0.3 is 0 Å². The Hall–Kier alpha value is -3.32. The Bertz CT molecular complexity index is 1300. The highest BCUT2D eigenvalue weighted by Gasteiger charge is 2.55. The van der Waals surface area contributed by atoms with Crippen molar-refractivity contribution in [2.75, 3.05) is 13.2 Å². The number of benzene rings is 1. The van der Waals surface area contributed by atoms with Gasteiger partial charge in [-0.25, -0.2) is 0 Å². The van der Waals surface area contributed by atoms with Gasteiger partial charge in [0, 0.05) is 42.8 Å². The minimum Gasteiger partial charge on any atom is -0.381 e. The predicted molar refractivity (Wildman–Crippen MR) is 133 cm³/mol. The Morgan fingerprint density at radius 2 is 1.91 bits per heavy atom. The van der Waals surface area contributed by atoms with E-state index in [9.17, 15) is 4.79 Å². The first-order chi connectivity index (χ1) is 17.0. The normalized spacial score (nSPS) is 26.9. The van der Waals surface area contributed by atoms with Crippen molar-refractivity contribution in [2.45, 2.75) is 63.6 Å². The summed E-state index contributed by atoms with van der Waals surface area (Å²) in [5.41, 5.74) is 7.24. The molecule has 1 spiro atoms. The quantitative estimate of drug-likeness (QED) is 0.682. The van der Waals surface area contributed by atoms with Crippen LogP contribution in [-0.2, 0) is 14.9 Å². The fraction of sp³-hybridized carbons (Fsp3) is 0.429. The summed E-state index contributed by atoms with van der Waals surface area (Å²) in [6.45, 7) is 7.52. The van der Waals surface area contributed by atoms with Gasteiger partial charge in [0.25, 0.3) is 5.91 Å². The molecular formula is C28H31N5O2. The number of ether oxygens (including phenoxy) is 1. The standard InChI is InChI=1S/C28H31N5O2/c1-4-28(21-7-5-6-19(15-21)20-8-11-29-17(2)14-20)23-18(3)32-33-25(23)30-22-16-27(9-12-35-13-10-27)31-26(34)24(22)28/h5-8,11,14-15,25,30H,4,9-10,12-13,16H2,1-3H3,(H,31,34)/t25?,28-/m1/s1. The number of amides is 1. The largest absolute Gasteiger partial charge is 0.381 e. The molecule has 2 atom stereocenters. The molecule has 1 saturated heterocycles. The van der Waals surface area contributed by atoms with E-state index >= 15 is 0 Å². The van der Waals surface area contributed by atoms with Crippen LogP contribution in [-0.4, -0.2) is 35.8 Å². The highest BCUT2D eigenvalue weighted by Crippen LogP contribution is 2.53. The summed E-state index contributed by atoms with van der Waals surface area (Å²) in [6, 6.07) is 12.7. The number of aromatic nitrogens is 1. The highest BCUT2D eigenvalue weighted by molar-refractivity contribution is 6.00. The number of aryl methyl sites for hydroxylation is 1. The molecule has 1 unspecified atom stereocenters. The van der Waals surface area contributed by atoms with Crippen LogP contribution >= 0.6 is 0 Å². The number of rotatable bonds is 3. The second-order valence-electron chi connectivity index (χ2n) is 10.2. The molecule has 1 fully saturated rings. The van der Waals surface area contributed by atoms with Gasteiger partial charge < -0.3 is 15.4 Å². The molecule has 4 aliphatic heterocycles. The molecule has 4 aliphatic rings. The molecule has 0 aliphatic carbocycles. The van der Waals surface area contributed by atoms with E-state index in [-0.39, 0.29) is 17.6 Å². The topological polar surface area (TPSA) is 88.0 Å². The van der Waals surface area contributed by atoms with E-state index in [1.807, 2.05) is 26.1 Å².